The van der Waals surface area contributed by atoms with Crippen molar-refractivity contribution in [2.75, 3.05) is 29.9 Å². The molecule has 0 atom stereocenters. The summed E-state index contributed by atoms with van der Waals surface area (Å²) in [6.45, 7) is 2.31. The molecule has 140 valence electrons. The number of para-hydroxylation sites is 1. The SMILES string of the molecule is CCN(C(=O)COC(=O)CCNc1ncccn1)c1nc2ccccc2s1. The third kappa shape index (κ3) is 4.98. The molecular formula is C18H19N5O3S. The van der Waals surface area contributed by atoms with Crippen molar-refractivity contribution in [3.05, 3.63) is 42.7 Å². The van der Waals surface area contributed by atoms with Gasteiger partial charge in [0, 0.05) is 25.5 Å². The lowest BCUT2D eigenvalue weighted by Gasteiger charge is -2.17. The summed E-state index contributed by atoms with van der Waals surface area (Å²) >= 11 is 1.43. The standard InChI is InChI=1S/C18H19N5O3S/c1-2-23(18-22-13-6-3-4-7-14(13)27-18)15(24)12-26-16(25)8-11-21-17-19-9-5-10-20-17/h3-7,9-10H,2,8,11-12H2,1H3,(H,19,20,21). The molecule has 0 aliphatic heterocycles. The summed E-state index contributed by atoms with van der Waals surface area (Å²) in [5.74, 6) is -0.328. The number of aromatic nitrogens is 3. The van der Waals surface area contributed by atoms with E-state index >= 15 is 0 Å². The van der Waals surface area contributed by atoms with E-state index in [4.69, 9.17) is 4.74 Å². The minimum atomic E-state index is -0.466. The Labute approximate surface area is 160 Å². The molecular weight excluding hydrogens is 366 g/mol. The summed E-state index contributed by atoms with van der Waals surface area (Å²) in [4.78, 5) is 38.3. The predicted octanol–water partition coefficient (Wildman–Crippen LogP) is 2.48. The van der Waals surface area contributed by atoms with Crippen LogP contribution in [0.2, 0.25) is 0 Å². The second-order valence-corrected chi connectivity index (χ2v) is 6.52. The molecule has 0 spiro atoms. The van der Waals surface area contributed by atoms with Gasteiger partial charge in [-0.3, -0.25) is 14.5 Å². The van der Waals surface area contributed by atoms with Gasteiger partial charge in [-0.1, -0.05) is 23.5 Å². The number of esters is 1. The van der Waals surface area contributed by atoms with Crippen LogP contribution in [0.3, 0.4) is 0 Å². The number of benzene rings is 1. The Morgan fingerprint density at radius 3 is 2.70 bits per heavy atom. The molecule has 1 N–H and O–H groups in total. The van der Waals surface area contributed by atoms with Crippen LogP contribution in [0.4, 0.5) is 11.1 Å². The molecule has 1 aromatic carbocycles. The number of ether oxygens (including phenoxy) is 1. The number of anilines is 2. The van der Waals surface area contributed by atoms with E-state index in [0.29, 0.717) is 24.2 Å². The molecule has 8 nitrogen and oxygen atoms in total. The number of rotatable bonds is 8. The van der Waals surface area contributed by atoms with Crippen LogP contribution in [0, 0.1) is 0 Å². The van der Waals surface area contributed by atoms with E-state index in [0.717, 1.165) is 10.2 Å². The molecule has 2 heterocycles. The monoisotopic (exact) mass is 385 g/mol. The van der Waals surface area contributed by atoms with E-state index < -0.39 is 5.97 Å². The Kier molecular flexibility index (Phi) is 6.26. The number of nitrogens with one attached hydrogen (secondary N) is 1. The van der Waals surface area contributed by atoms with E-state index in [1.54, 1.807) is 18.5 Å². The number of hydrogen-bond acceptors (Lipinski definition) is 8. The minimum absolute atomic E-state index is 0.110. The van der Waals surface area contributed by atoms with Crippen LogP contribution < -0.4 is 10.2 Å². The highest BCUT2D eigenvalue weighted by atomic mass is 32.1. The first-order valence-corrected chi connectivity index (χ1v) is 9.31. The number of carbonyl (C=O) groups excluding carboxylic acids is 2. The van der Waals surface area contributed by atoms with Crippen LogP contribution in [0.5, 0.6) is 0 Å². The molecule has 3 rings (SSSR count). The van der Waals surface area contributed by atoms with Gasteiger partial charge in [-0.05, 0) is 25.1 Å². The van der Waals surface area contributed by atoms with Gasteiger partial charge in [0.2, 0.25) is 5.95 Å². The van der Waals surface area contributed by atoms with E-state index in [1.807, 2.05) is 31.2 Å². The molecule has 0 aliphatic rings. The largest absolute Gasteiger partial charge is 0.455 e. The van der Waals surface area contributed by atoms with Crippen molar-refractivity contribution in [2.45, 2.75) is 13.3 Å². The molecule has 0 saturated carbocycles. The Bertz CT molecular complexity index is 883. The second kappa shape index (κ2) is 9.04. The fourth-order valence-corrected chi connectivity index (χ4v) is 3.40. The molecule has 0 fully saturated rings. The second-order valence-electron chi connectivity index (χ2n) is 5.51. The molecule has 2 aromatic heterocycles. The summed E-state index contributed by atoms with van der Waals surface area (Å²) in [5.41, 5.74) is 0.843. The molecule has 0 unspecified atom stereocenters. The van der Waals surface area contributed by atoms with Gasteiger partial charge in [-0.2, -0.15) is 0 Å². The predicted molar refractivity (Wildman–Crippen MR) is 104 cm³/mol. The molecule has 3 aromatic rings. The van der Waals surface area contributed by atoms with Crippen LogP contribution in [0.15, 0.2) is 42.7 Å². The van der Waals surface area contributed by atoms with Crippen LogP contribution in [-0.2, 0) is 14.3 Å². The Balaban J connectivity index is 1.48. The molecule has 1 amide bonds. The first-order valence-electron chi connectivity index (χ1n) is 8.50. The van der Waals surface area contributed by atoms with Gasteiger partial charge in [0.25, 0.3) is 5.91 Å². The highest BCUT2D eigenvalue weighted by Crippen LogP contribution is 2.28. The summed E-state index contributed by atoms with van der Waals surface area (Å²) in [5, 5.41) is 3.51. The topological polar surface area (TPSA) is 97.3 Å². The van der Waals surface area contributed by atoms with Gasteiger partial charge in [0.1, 0.15) is 0 Å². The first-order chi connectivity index (χ1) is 13.2. The van der Waals surface area contributed by atoms with E-state index in [2.05, 4.69) is 20.3 Å². The molecule has 0 radical (unpaired) electrons. The van der Waals surface area contributed by atoms with Crippen LogP contribution >= 0.6 is 11.3 Å². The van der Waals surface area contributed by atoms with Crippen LogP contribution in [0.1, 0.15) is 13.3 Å². The number of nitrogens with zero attached hydrogens (tertiary/aromatic N) is 4. The van der Waals surface area contributed by atoms with Crippen molar-refractivity contribution < 1.29 is 14.3 Å². The van der Waals surface area contributed by atoms with Gasteiger partial charge in [-0.15, -0.1) is 0 Å². The summed E-state index contributed by atoms with van der Waals surface area (Å²) in [7, 11) is 0. The van der Waals surface area contributed by atoms with Crippen molar-refractivity contribution in [3.63, 3.8) is 0 Å². The Morgan fingerprint density at radius 2 is 1.96 bits per heavy atom. The third-order valence-electron chi connectivity index (χ3n) is 3.67. The zero-order valence-corrected chi connectivity index (χ0v) is 15.6. The van der Waals surface area contributed by atoms with E-state index in [1.165, 1.54) is 16.2 Å². The average Bonchev–Trinajstić information content (AvgIpc) is 3.11. The molecule has 9 heteroatoms. The van der Waals surface area contributed by atoms with E-state index in [9.17, 15) is 9.59 Å². The van der Waals surface area contributed by atoms with Crippen molar-refractivity contribution >= 4 is 44.5 Å². The molecule has 0 aliphatic carbocycles. The maximum absolute atomic E-state index is 12.4. The summed E-state index contributed by atoms with van der Waals surface area (Å²) in [6, 6.07) is 9.39. The van der Waals surface area contributed by atoms with Gasteiger partial charge in [0.05, 0.1) is 16.6 Å². The maximum Gasteiger partial charge on any atom is 0.308 e. The summed E-state index contributed by atoms with van der Waals surface area (Å²) in [6.07, 6.45) is 3.32. The highest BCUT2D eigenvalue weighted by molar-refractivity contribution is 7.22. The number of thiazole rings is 1. The number of amides is 1. The highest BCUT2D eigenvalue weighted by Gasteiger charge is 2.19. The van der Waals surface area contributed by atoms with Gasteiger partial charge in [-0.25, -0.2) is 15.0 Å². The fraction of sp³-hybridized carbons (Fsp3) is 0.278. The van der Waals surface area contributed by atoms with Crippen LogP contribution in [0.25, 0.3) is 10.2 Å². The first kappa shape index (κ1) is 18.7. The minimum Gasteiger partial charge on any atom is -0.455 e. The average molecular weight is 385 g/mol. The Hall–Kier alpha value is -3.07. The zero-order valence-electron chi connectivity index (χ0n) is 14.8. The van der Waals surface area contributed by atoms with Gasteiger partial charge < -0.3 is 10.1 Å². The number of carbonyl (C=O) groups is 2. The molecule has 0 bridgehead atoms. The van der Waals surface area contributed by atoms with E-state index in [-0.39, 0.29) is 18.9 Å². The number of likely N-dealkylation sites (N-methyl/N-ethyl adjacent to an activating group) is 1. The third-order valence-corrected chi connectivity index (χ3v) is 4.72. The lowest BCUT2D eigenvalue weighted by atomic mass is 10.3. The summed E-state index contributed by atoms with van der Waals surface area (Å²) < 4.78 is 6.09. The van der Waals surface area contributed by atoms with Crippen LogP contribution in [-0.4, -0.2) is 46.5 Å². The van der Waals surface area contributed by atoms with Crippen molar-refractivity contribution in [2.24, 2.45) is 0 Å². The van der Waals surface area contributed by atoms with Gasteiger partial charge in [0.15, 0.2) is 11.7 Å². The lowest BCUT2D eigenvalue weighted by Crippen LogP contribution is -2.34. The maximum atomic E-state index is 12.4. The zero-order chi connectivity index (χ0) is 19.1. The lowest BCUT2D eigenvalue weighted by molar-refractivity contribution is -0.147. The quantitative estimate of drug-likeness (QED) is 0.595. The number of fused-ring (bicyclic) bond motifs is 1. The normalized spacial score (nSPS) is 10.6. The van der Waals surface area contributed by atoms with Gasteiger partial charge >= 0.3 is 5.97 Å². The van der Waals surface area contributed by atoms with Crippen molar-refractivity contribution in [1.29, 1.82) is 0 Å². The van der Waals surface area contributed by atoms with Crippen molar-refractivity contribution in [1.82, 2.24) is 15.0 Å². The molecule has 0 saturated heterocycles. The Morgan fingerprint density at radius 1 is 1.19 bits per heavy atom. The number of hydrogen-bond donors (Lipinski definition) is 1. The molecule has 27 heavy (non-hydrogen) atoms. The van der Waals surface area contributed by atoms with Crippen molar-refractivity contribution in [3.8, 4) is 0 Å². The smallest absolute Gasteiger partial charge is 0.308 e. The fourth-order valence-electron chi connectivity index (χ4n) is 2.35.